The van der Waals surface area contributed by atoms with Gasteiger partial charge in [0, 0.05) is 12.0 Å². The highest BCUT2D eigenvalue weighted by Crippen LogP contribution is 2.28. The van der Waals surface area contributed by atoms with Crippen LogP contribution in [0.2, 0.25) is 0 Å². The van der Waals surface area contributed by atoms with Gasteiger partial charge in [0.1, 0.15) is 0 Å². The summed E-state index contributed by atoms with van der Waals surface area (Å²) in [5.74, 6) is 1.38. The van der Waals surface area contributed by atoms with E-state index in [1.54, 1.807) is 0 Å². The summed E-state index contributed by atoms with van der Waals surface area (Å²) < 4.78 is 0. The van der Waals surface area contributed by atoms with E-state index in [1.807, 2.05) is 13.8 Å². The number of carbonyl (C=O) groups is 1. The Labute approximate surface area is 101 Å². The second-order valence-corrected chi connectivity index (χ2v) is 5.33. The van der Waals surface area contributed by atoms with Gasteiger partial charge in [0.25, 0.3) is 0 Å². The van der Waals surface area contributed by atoms with E-state index in [0.717, 1.165) is 18.8 Å². The smallest absolute Gasteiger partial charge is 0.223 e. The molecule has 0 unspecified atom stereocenters. The fraction of sp³-hybridized carbons (Fsp3) is 0.929. The number of hydrogen-bond donors (Lipinski definition) is 1. The molecular formula is C14H29NO. The van der Waals surface area contributed by atoms with Crippen molar-refractivity contribution in [2.75, 3.05) is 0 Å². The molecule has 2 nitrogen and oxygen atoms in total. The minimum absolute atomic E-state index is 0.266. The summed E-state index contributed by atoms with van der Waals surface area (Å²) >= 11 is 0. The summed E-state index contributed by atoms with van der Waals surface area (Å²) in [6.45, 7) is 10.6. The SMILES string of the molecule is CC1CCC(C(=O)NC(C)C)CC1.CCC. The zero-order valence-electron chi connectivity index (χ0n) is 11.7. The third-order valence-corrected chi connectivity index (χ3v) is 2.82. The zero-order chi connectivity index (χ0) is 12.6. The van der Waals surface area contributed by atoms with E-state index in [0.29, 0.717) is 5.92 Å². The van der Waals surface area contributed by atoms with E-state index < -0.39 is 0 Å². The number of rotatable bonds is 2. The van der Waals surface area contributed by atoms with Crippen molar-refractivity contribution in [2.24, 2.45) is 11.8 Å². The summed E-state index contributed by atoms with van der Waals surface area (Å²) in [6.07, 6.45) is 5.85. The summed E-state index contributed by atoms with van der Waals surface area (Å²) in [7, 11) is 0. The number of hydrogen-bond acceptors (Lipinski definition) is 1. The highest BCUT2D eigenvalue weighted by Gasteiger charge is 2.24. The molecule has 0 aliphatic heterocycles. The molecule has 0 atom stereocenters. The van der Waals surface area contributed by atoms with Gasteiger partial charge in [0.2, 0.25) is 5.91 Å². The van der Waals surface area contributed by atoms with Crippen LogP contribution in [0, 0.1) is 11.8 Å². The topological polar surface area (TPSA) is 29.1 Å². The molecule has 0 saturated heterocycles. The van der Waals surface area contributed by atoms with Crippen LogP contribution in [0.4, 0.5) is 0 Å². The van der Waals surface area contributed by atoms with Crippen molar-refractivity contribution in [2.45, 2.75) is 72.8 Å². The molecule has 1 aliphatic carbocycles. The Balaban J connectivity index is 0.000000673. The molecule has 16 heavy (non-hydrogen) atoms. The molecule has 0 bridgehead atoms. The summed E-state index contributed by atoms with van der Waals surface area (Å²) in [5, 5.41) is 2.99. The number of amides is 1. The maximum absolute atomic E-state index is 11.6. The van der Waals surface area contributed by atoms with Crippen LogP contribution in [-0.2, 0) is 4.79 Å². The summed E-state index contributed by atoms with van der Waals surface area (Å²) in [4.78, 5) is 11.6. The lowest BCUT2D eigenvalue weighted by atomic mass is 9.82. The number of carbonyl (C=O) groups excluding carboxylic acids is 1. The highest BCUT2D eigenvalue weighted by atomic mass is 16.1. The van der Waals surface area contributed by atoms with Crippen LogP contribution in [0.25, 0.3) is 0 Å². The predicted octanol–water partition coefficient (Wildman–Crippen LogP) is 3.75. The summed E-state index contributed by atoms with van der Waals surface area (Å²) in [5.41, 5.74) is 0. The van der Waals surface area contributed by atoms with E-state index in [1.165, 1.54) is 19.3 Å². The first-order valence-corrected chi connectivity index (χ1v) is 6.81. The molecule has 0 aromatic heterocycles. The number of nitrogens with one attached hydrogen (secondary N) is 1. The van der Waals surface area contributed by atoms with E-state index in [2.05, 4.69) is 26.1 Å². The molecule has 1 rings (SSSR count). The van der Waals surface area contributed by atoms with Gasteiger partial charge in [-0.3, -0.25) is 4.79 Å². The van der Waals surface area contributed by atoms with Crippen molar-refractivity contribution in [1.29, 1.82) is 0 Å². The Morgan fingerprint density at radius 2 is 1.62 bits per heavy atom. The Morgan fingerprint density at radius 1 is 1.19 bits per heavy atom. The lowest BCUT2D eigenvalue weighted by Gasteiger charge is -2.25. The van der Waals surface area contributed by atoms with Gasteiger partial charge in [-0.1, -0.05) is 27.2 Å². The van der Waals surface area contributed by atoms with E-state index in [9.17, 15) is 4.79 Å². The van der Waals surface area contributed by atoms with E-state index >= 15 is 0 Å². The highest BCUT2D eigenvalue weighted by molar-refractivity contribution is 5.78. The monoisotopic (exact) mass is 227 g/mol. The molecule has 1 aliphatic rings. The van der Waals surface area contributed by atoms with Crippen LogP contribution in [-0.4, -0.2) is 11.9 Å². The molecule has 96 valence electrons. The maximum atomic E-state index is 11.6. The van der Waals surface area contributed by atoms with Gasteiger partial charge in [-0.2, -0.15) is 0 Å². The molecule has 1 saturated carbocycles. The van der Waals surface area contributed by atoms with Crippen LogP contribution in [0.15, 0.2) is 0 Å². The molecule has 0 aromatic carbocycles. The average Bonchev–Trinajstić information content (AvgIpc) is 2.18. The predicted molar refractivity (Wildman–Crippen MR) is 70.4 cm³/mol. The largest absolute Gasteiger partial charge is 0.354 e. The quantitative estimate of drug-likeness (QED) is 0.764. The molecule has 0 spiro atoms. The Bertz CT molecular complexity index is 181. The van der Waals surface area contributed by atoms with Crippen molar-refractivity contribution < 1.29 is 4.79 Å². The van der Waals surface area contributed by atoms with Gasteiger partial charge in [0.15, 0.2) is 0 Å². The van der Waals surface area contributed by atoms with Crippen LogP contribution < -0.4 is 5.32 Å². The van der Waals surface area contributed by atoms with Crippen molar-refractivity contribution in [3.05, 3.63) is 0 Å². The molecule has 0 heterocycles. The molecule has 1 fully saturated rings. The zero-order valence-corrected chi connectivity index (χ0v) is 11.7. The lowest BCUT2D eigenvalue weighted by Crippen LogP contribution is -2.37. The van der Waals surface area contributed by atoms with E-state index in [-0.39, 0.29) is 11.9 Å². The first-order chi connectivity index (χ1) is 7.51. The molecule has 2 heteroatoms. The van der Waals surface area contributed by atoms with Gasteiger partial charge in [-0.25, -0.2) is 0 Å². The van der Waals surface area contributed by atoms with Crippen molar-refractivity contribution in [3.8, 4) is 0 Å². The fourth-order valence-electron chi connectivity index (χ4n) is 1.92. The first kappa shape index (κ1) is 15.5. The van der Waals surface area contributed by atoms with Gasteiger partial charge in [-0.05, 0) is 45.4 Å². The Hall–Kier alpha value is -0.530. The van der Waals surface area contributed by atoms with Crippen molar-refractivity contribution >= 4 is 5.91 Å². The van der Waals surface area contributed by atoms with Crippen LogP contribution in [0.1, 0.15) is 66.7 Å². The van der Waals surface area contributed by atoms with E-state index in [4.69, 9.17) is 0 Å². The minimum atomic E-state index is 0.266. The Morgan fingerprint density at radius 3 is 2.00 bits per heavy atom. The molecule has 1 amide bonds. The van der Waals surface area contributed by atoms with Gasteiger partial charge >= 0.3 is 0 Å². The molecular weight excluding hydrogens is 198 g/mol. The molecule has 0 aromatic rings. The third-order valence-electron chi connectivity index (χ3n) is 2.82. The molecule has 1 N–H and O–H groups in total. The van der Waals surface area contributed by atoms with Gasteiger partial charge in [-0.15, -0.1) is 0 Å². The third kappa shape index (κ3) is 6.86. The summed E-state index contributed by atoms with van der Waals surface area (Å²) in [6, 6.07) is 0.284. The van der Waals surface area contributed by atoms with Crippen molar-refractivity contribution in [1.82, 2.24) is 5.32 Å². The Kier molecular flexibility index (Phi) is 8.32. The van der Waals surface area contributed by atoms with Gasteiger partial charge < -0.3 is 5.32 Å². The average molecular weight is 227 g/mol. The normalized spacial score (nSPS) is 24.6. The van der Waals surface area contributed by atoms with Crippen LogP contribution in [0.3, 0.4) is 0 Å². The van der Waals surface area contributed by atoms with Crippen molar-refractivity contribution in [3.63, 3.8) is 0 Å². The second-order valence-electron chi connectivity index (χ2n) is 5.33. The second kappa shape index (κ2) is 8.60. The standard InChI is InChI=1S/C11H21NO.C3H8/c1-8(2)12-11(13)10-6-4-9(3)5-7-10;1-3-2/h8-10H,4-7H2,1-3H3,(H,12,13);3H2,1-2H3. The maximum Gasteiger partial charge on any atom is 0.223 e. The fourth-order valence-corrected chi connectivity index (χ4v) is 1.92. The van der Waals surface area contributed by atoms with Gasteiger partial charge in [0.05, 0.1) is 0 Å². The minimum Gasteiger partial charge on any atom is -0.354 e. The first-order valence-electron chi connectivity index (χ1n) is 6.81. The lowest BCUT2D eigenvalue weighted by molar-refractivity contribution is -0.126. The van der Waals surface area contributed by atoms with Crippen LogP contribution in [0.5, 0.6) is 0 Å². The molecule has 0 radical (unpaired) electrons. The van der Waals surface area contributed by atoms with Crippen LogP contribution >= 0.6 is 0 Å².